The molecule has 0 unspecified atom stereocenters. The topological polar surface area (TPSA) is 49.8 Å². The number of rotatable bonds is 7. The summed E-state index contributed by atoms with van der Waals surface area (Å²) >= 11 is 0. The van der Waals surface area contributed by atoms with Crippen molar-refractivity contribution in [3.63, 3.8) is 0 Å². The second-order valence-electron chi connectivity index (χ2n) is 4.86. The van der Waals surface area contributed by atoms with Gasteiger partial charge in [-0.15, -0.1) is 0 Å². The third kappa shape index (κ3) is 3.82. The predicted octanol–water partition coefficient (Wildman–Crippen LogP) is 1.61. The van der Waals surface area contributed by atoms with Crippen molar-refractivity contribution in [2.75, 3.05) is 33.9 Å². The van der Waals surface area contributed by atoms with Gasteiger partial charge >= 0.3 is 5.97 Å². The van der Waals surface area contributed by atoms with E-state index >= 15 is 0 Å². The Balaban J connectivity index is 2.67. The van der Waals surface area contributed by atoms with Gasteiger partial charge in [-0.25, -0.2) is 0 Å². The van der Waals surface area contributed by atoms with Crippen molar-refractivity contribution in [3.8, 4) is 0 Å². The zero-order chi connectivity index (χ0) is 13.6. The molecule has 1 aromatic rings. The smallest absolute Gasteiger partial charge is 0.316 e. The Kier molecular flexibility index (Phi) is 5.31. The number of carboxylic acid groups (broad SMARTS) is 1. The van der Waals surface area contributed by atoms with E-state index in [1.807, 2.05) is 49.3 Å². The van der Waals surface area contributed by atoms with Gasteiger partial charge in [0.05, 0.1) is 13.2 Å². The number of carbonyl (C=O) groups is 1. The molecule has 0 aliphatic carbocycles. The molecule has 0 bridgehead atoms. The molecule has 0 spiro atoms. The van der Waals surface area contributed by atoms with E-state index in [2.05, 4.69) is 0 Å². The first-order chi connectivity index (χ1) is 8.47. The fraction of sp³-hybridized carbons (Fsp3) is 0.500. The Morgan fingerprint density at radius 2 is 1.94 bits per heavy atom. The van der Waals surface area contributed by atoms with E-state index < -0.39 is 11.4 Å². The first-order valence-electron chi connectivity index (χ1n) is 5.98. The van der Waals surface area contributed by atoms with Crippen molar-refractivity contribution in [1.82, 2.24) is 4.90 Å². The molecule has 0 saturated carbocycles. The fourth-order valence-electron chi connectivity index (χ4n) is 1.60. The van der Waals surface area contributed by atoms with Gasteiger partial charge in [-0.1, -0.05) is 30.3 Å². The predicted molar refractivity (Wildman–Crippen MR) is 70.8 cm³/mol. The Bertz CT molecular complexity index is 378. The summed E-state index contributed by atoms with van der Waals surface area (Å²) < 4.78 is 5.50. The van der Waals surface area contributed by atoms with Gasteiger partial charge in [-0.3, -0.25) is 4.79 Å². The van der Waals surface area contributed by atoms with E-state index in [9.17, 15) is 9.90 Å². The van der Waals surface area contributed by atoms with Crippen LogP contribution in [0.5, 0.6) is 0 Å². The number of aliphatic carboxylic acids is 1. The summed E-state index contributed by atoms with van der Waals surface area (Å²) in [6.45, 7) is 3.19. The standard InChI is InChI=1S/C14H21NO3/c1-14(13(16)17,11-18-10-9-15(2)3)12-7-5-4-6-8-12/h4-8H,9-11H2,1-3H3,(H,16,17)/t14-/m0/s1. The van der Waals surface area contributed by atoms with Crippen molar-refractivity contribution >= 4 is 5.97 Å². The molecular formula is C14H21NO3. The molecule has 0 heterocycles. The third-order valence-corrected chi connectivity index (χ3v) is 2.96. The monoisotopic (exact) mass is 251 g/mol. The maximum atomic E-state index is 11.5. The highest BCUT2D eigenvalue weighted by molar-refractivity contribution is 5.81. The summed E-state index contributed by atoms with van der Waals surface area (Å²) in [4.78, 5) is 13.5. The molecule has 0 aromatic heterocycles. The molecule has 100 valence electrons. The van der Waals surface area contributed by atoms with Crippen LogP contribution in [0.2, 0.25) is 0 Å². The number of hydrogen-bond acceptors (Lipinski definition) is 3. The molecule has 0 aliphatic heterocycles. The van der Waals surface area contributed by atoms with Crippen LogP contribution in [-0.4, -0.2) is 49.8 Å². The average Bonchev–Trinajstić information content (AvgIpc) is 2.35. The lowest BCUT2D eigenvalue weighted by Crippen LogP contribution is -2.38. The lowest BCUT2D eigenvalue weighted by atomic mass is 9.83. The molecule has 0 aliphatic rings. The van der Waals surface area contributed by atoms with Crippen LogP contribution in [-0.2, 0) is 14.9 Å². The van der Waals surface area contributed by atoms with Crippen molar-refractivity contribution < 1.29 is 14.6 Å². The van der Waals surface area contributed by atoms with Gasteiger partial charge in [-0.2, -0.15) is 0 Å². The molecule has 4 heteroatoms. The maximum Gasteiger partial charge on any atom is 0.316 e. The summed E-state index contributed by atoms with van der Waals surface area (Å²) in [6, 6.07) is 9.21. The molecule has 1 N–H and O–H groups in total. The van der Waals surface area contributed by atoms with E-state index in [-0.39, 0.29) is 6.61 Å². The molecule has 18 heavy (non-hydrogen) atoms. The number of benzene rings is 1. The van der Waals surface area contributed by atoms with E-state index in [1.165, 1.54) is 0 Å². The molecule has 0 saturated heterocycles. The van der Waals surface area contributed by atoms with Gasteiger partial charge in [0, 0.05) is 6.54 Å². The van der Waals surface area contributed by atoms with Gasteiger partial charge in [0.25, 0.3) is 0 Å². The van der Waals surface area contributed by atoms with E-state index in [4.69, 9.17) is 4.74 Å². The Morgan fingerprint density at radius 3 is 2.44 bits per heavy atom. The fourth-order valence-corrected chi connectivity index (χ4v) is 1.60. The minimum absolute atomic E-state index is 0.181. The number of nitrogens with zero attached hydrogens (tertiary/aromatic N) is 1. The van der Waals surface area contributed by atoms with Crippen LogP contribution < -0.4 is 0 Å². The molecule has 4 nitrogen and oxygen atoms in total. The largest absolute Gasteiger partial charge is 0.481 e. The van der Waals surface area contributed by atoms with Crippen LogP contribution in [0.1, 0.15) is 12.5 Å². The Morgan fingerprint density at radius 1 is 1.33 bits per heavy atom. The van der Waals surface area contributed by atoms with Crippen LogP contribution in [0.25, 0.3) is 0 Å². The van der Waals surface area contributed by atoms with E-state index in [0.717, 1.165) is 12.1 Å². The van der Waals surface area contributed by atoms with Crippen LogP contribution >= 0.6 is 0 Å². The van der Waals surface area contributed by atoms with Crippen LogP contribution in [0.3, 0.4) is 0 Å². The lowest BCUT2D eigenvalue weighted by molar-refractivity contribution is -0.145. The van der Waals surface area contributed by atoms with Crippen molar-refractivity contribution in [2.45, 2.75) is 12.3 Å². The zero-order valence-electron chi connectivity index (χ0n) is 11.2. The molecule has 0 fully saturated rings. The number of likely N-dealkylation sites (N-methyl/N-ethyl adjacent to an activating group) is 1. The lowest BCUT2D eigenvalue weighted by Gasteiger charge is -2.25. The van der Waals surface area contributed by atoms with Crippen molar-refractivity contribution in [1.29, 1.82) is 0 Å². The van der Waals surface area contributed by atoms with Gasteiger partial charge in [-0.05, 0) is 26.6 Å². The molecule has 1 aromatic carbocycles. The highest BCUT2D eigenvalue weighted by Gasteiger charge is 2.35. The molecule has 1 rings (SSSR count). The summed E-state index contributed by atoms with van der Waals surface area (Å²) in [7, 11) is 3.91. The summed E-state index contributed by atoms with van der Waals surface area (Å²) in [5.41, 5.74) is -0.226. The van der Waals surface area contributed by atoms with Gasteiger partial charge < -0.3 is 14.7 Å². The Hall–Kier alpha value is -1.39. The molecular weight excluding hydrogens is 230 g/mol. The zero-order valence-corrected chi connectivity index (χ0v) is 11.2. The average molecular weight is 251 g/mol. The highest BCUT2D eigenvalue weighted by atomic mass is 16.5. The minimum Gasteiger partial charge on any atom is -0.481 e. The van der Waals surface area contributed by atoms with Crippen molar-refractivity contribution in [3.05, 3.63) is 35.9 Å². The number of ether oxygens (including phenoxy) is 1. The number of carboxylic acids is 1. The normalized spacial score (nSPS) is 14.4. The van der Waals surface area contributed by atoms with Crippen LogP contribution in [0.15, 0.2) is 30.3 Å². The van der Waals surface area contributed by atoms with Crippen LogP contribution in [0.4, 0.5) is 0 Å². The van der Waals surface area contributed by atoms with Gasteiger partial charge in [0.2, 0.25) is 0 Å². The van der Waals surface area contributed by atoms with Gasteiger partial charge in [0.15, 0.2) is 0 Å². The quantitative estimate of drug-likeness (QED) is 0.748. The first kappa shape index (κ1) is 14.7. The minimum atomic E-state index is -0.992. The summed E-state index contributed by atoms with van der Waals surface area (Å²) in [5, 5.41) is 9.40. The highest BCUT2D eigenvalue weighted by Crippen LogP contribution is 2.24. The maximum absolute atomic E-state index is 11.5. The second kappa shape index (κ2) is 6.52. The van der Waals surface area contributed by atoms with E-state index in [0.29, 0.717) is 6.61 Å². The molecule has 0 radical (unpaired) electrons. The van der Waals surface area contributed by atoms with E-state index in [1.54, 1.807) is 6.92 Å². The molecule has 1 atom stereocenters. The third-order valence-electron chi connectivity index (χ3n) is 2.96. The summed E-state index contributed by atoms with van der Waals surface area (Å²) in [6.07, 6.45) is 0. The van der Waals surface area contributed by atoms with Crippen LogP contribution in [0, 0.1) is 0 Å². The Labute approximate surface area is 108 Å². The second-order valence-corrected chi connectivity index (χ2v) is 4.86. The van der Waals surface area contributed by atoms with Gasteiger partial charge in [0.1, 0.15) is 5.41 Å². The molecule has 0 amide bonds. The summed E-state index contributed by atoms with van der Waals surface area (Å²) in [5.74, 6) is -0.862. The SMILES string of the molecule is CN(C)CCOC[C@](C)(C(=O)O)c1ccccc1. The number of hydrogen-bond donors (Lipinski definition) is 1. The first-order valence-corrected chi connectivity index (χ1v) is 5.98. The van der Waals surface area contributed by atoms with Crippen molar-refractivity contribution in [2.24, 2.45) is 0 Å².